The van der Waals surface area contributed by atoms with Gasteiger partial charge >= 0.3 is 12.0 Å². The first kappa shape index (κ1) is 23.0. The molecule has 2 aliphatic rings. The maximum Gasteiger partial charge on any atom is 0.326 e. The van der Waals surface area contributed by atoms with Crippen molar-refractivity contribution in [3.05, 3.63) is 42.1 Å². The maximum absolute atomic E-state index is 12.9. The van der Waals surface area contributed by atoms with Crippen LogP contribution < -0.4 is 10.6 Å². The Balaban J connectivity index is 1.36. The molecule has 1 aliphatic heterocycles. The first-order chi connectivity index (χ1) is 16.4. The van der Waals surface area contributed by atoms with Crippen molar-refractivity contribution in [3.8, 4) is 11.8 Å². The number of nitriles is 1. The fourth-order valence-corrected chi connectivity index (χ4v) is 4.44. The number of anilines is 1. The molecule has 2 heterocycles. The van der Waals surface area contributed by atoms with E-state index in [-0.39, 0.29) is 17.3 Å². The lowest BCUT2D eigenvalue weighted by Crippen LogP contribution is -2.54. The van der Waals surface area contributed by atoms with E-state index in [1.54, 1.807) is 24.3 Å². The third-order valence-electron chi connectivity index (χ3n) is 6.30. The van der Waals surface area contributed by atoms with Gasteiger partial charge in [-0.25, -0.2) is 9.48 Å². The van der Waals surface area contributed by atoms with E-state index < -0.39 is 42.5 Å². The van der Waals surface area contributed by atoms with Crippen molar-refractivity contribution < 1.29 is 23.9 Å². The minimum atomic E-state index is -0.976. The lowest BCUT2D eigenvalue weighted by atomic mass is 9.73. The predicted molar refractivity (Wildman–Crippen MR) is 118 cm³/mol. The molecule has 1 aromatic carbocycles. The molecule has 1 saturated heterocycles. The first-order valence-electron chi connectivity index (χ1n) is 11.0. The Morgan fingerprint density at radius 2 is 2.06 bits per heavy atom. The zero-order valence-electron chi connectivity index (χ0n) is 18.6. The van der Waals surface area contributed by atoms with E-state index >= 15 is 0 Å². The topological polar surface area (TPSA) is 146 Å². The fourth-order valence-electron chi connectivity index (χ4n) is 4.44. The average molecular weight is 464 g/mol. The molecule has 2 aromatic rings. The second-order valence-corrected chi connectivity index (χ2v) is 8.41. The van der Waals surface area contributed by atoms with E-state index in [1.165, 1.54) is 10.9 Å². The van der Waals surface area contributed by atoms with Crippen LogP contribution in [0, 0.1) is 17.2 Å². The number of nitrogens with one attached hydrogen (secondary N) is 2. The van der Waals surface area contributed by atoms with Gasteiger partial charge in [-0.15, -0.1) is 0 Å². The van der Waals surface area contributed by atoms with Gasteiger partial charge in [0, 0.05) is 0 Å². The van der Waals surface area contributed by atoms with Crippen molar-refractivity contribution in [1.29, 1.82) is 5.26 Å². The van der Waals surface area contributed by atoms with Crippen molar-refractivity contribution in [3.63, 3.8) is 0 Å². The quantitative estimate of drug-likeness (QED) is 0.489. The summed E-state index contributed by atoms with van der Waals surface area (Å²) in [7, 11) is 0. The second kappa shape index (κ2) is 9.35. The van der Waals surface area contributed by atoms with Crippen molar-refractivity contribution in [2.75, 3.05) is 18.5 Å². The zero-order valence-corrected chi connectivity index (χ0v) is 18.6. The number of esters is 1. The number of imide groups is 1. The minimum absolute atomic E-state index is 0.0340. The summed E-state index contributed by atoms with van der Waals surface area (Å²) in [6.07, 6.45) is 4.46. The molecule has 2 fully saturated rings. The molecule has 0 bridgehead atoms. The number of ether oxygens (including phenoxy) is 1. The minimum Gasteiger partial charge on any atom is -0.454 e. The number of aromatic nitrogens is 2. The lowest BCUT2D eigenvalue weighted by molar-refractivity contribution is -0.150. The number of urea groups is 1. The normalized spacial score (nSPS) is 21.8. The van der Waals surface area contributed by atoms with E-state index in [1.807, 2.05) is 19.1 Å². The molecule has 1 aromatic heterocycles. The Bertz CT molecular complexity index is 1170. The number of carbonyl (C=O) groups is 4. The summed E-state index contributed by atoms with van der Waals surface area (Å²) in [5.41, 5.74) is -0.216. The van der Waals surface area contributed by atoms with Gasteiger partial charge in [-0.3, -0.25) is 19.3 Å². The van der Waals surface area contributed by atoms with Gasteiger partial charge in [-0.2, -0.15) is 10.4 Å². The number of carbonyl (C=O) groups excluding carboxylic acids is 4. The van der Waals surface area contributed by atoms with Gasteiger partial charge in [-0.1, -0.05) is 38.0 Å². The summed E-state index contributed by atoms with van der Waals surface area (Å²) in [6.45, 7) is 0.672. The molecule has 2 N–H and O–H groups in total. The van der Waals surface area contributed by atoms with Crippen LogP contribution in [0.15, 0.2) is 36.5 Å². The molecule has 4 amide bonds. The molecule has 1 saturated carbocycles. The number of hydrogen-bond donors (Lipinski definition) is 2. The van der Waals surface area contributed by atoms with Crippen LogP contribution in [-0.2, 0) is 19.1 Å². The first-order valence-corrected chi connectivity index (χ1v) is 11.0. The van der Waals surface area contributed by atoms with Crippen molar-refractivity contribution >= 4 is 29.6 Å². The standard InChI is InChI=1S/C23H24N6O5/c1-15-7-5-6-10-23(15)21(32)28(22(33)27-23)13-19(31)34-14-18(30)26-20-16(11-24)12-25-29(20)17-8-3-2-4-9-17/h2-4,8-9,12,15H,5-7,10,13-14H2,1H3,(H,26,30)(H,27,33). The largest absolute Gasteiger partial charge is 0.454 e. The highest BCUT2D eigenvalue weighted by molar-refractivity contribution is 6.09. The van der Waals surface area contributed by atoms with E-state index in [0.717, 1.165) is 24.2 Å². The fraction of sp³-hybridized carbons (Fsp3) is 0.391. The smallest absolute Gasteiger partial charge is 0.326 e. The Kier molecular flexibility index (Phi) is 6.32. The molecule has 11 heteroatoms. The molecule has 2 unspecified atom stereocenters. The van der Waals surface area contributed by atoms with Crippen LogP contribution in [0.3, 0.4) is 0 Å². The van der Waals surface area contributed by atoms with E-state index in [0.29, 0.717) is 12.1 Å². The summed E-state index contributed by atoms with van der Waals surface area (Å²) in [5.74, 6) is -1.92. The van der Waals surface area contributed by atoms with Crippen LogP contribution in [0.4, 0.5) is 10.6 Å². The average Bonchev–Trinajstić information content (AvgIpc) is 3.34. The zero-order chi connectivity index (χ0) is 24.3. The monoisotopic (exact) mass is 464 g/mol. The van der Waals surface area contributed by atoms with Gasteiger partial charge in [-0.05, 0) is 30.9 Å². The molecule has 2 atom stereocenters. The summed E-state index contributed by atoms with van der Waals surface area (Å²) < 4.78 is 6.38. The number of rotatable bonds is 6. The highest BCUT2D eigenvalue weighted by atomic mass is 16.5. The molecule has 176 valence electrons. The third kappa shape index (κ3) is 4.22. The molecular weight excluding hydrogens is 440 g/mol. The molecular formula is C23H24N6O5. The lowest BCUT2D eigenvalue weighted by Gasteiger charge is -2.36. The number of amides is 4. The summed E-state index contributed by atoms with van der Waals surface area (Å²) in [5, 5.41) is 18.7. The van der Waals surface area contributed by atoms with Gasteiger partial charge < -0.3 is 15.4 Å². The SMILES string of the molecule is CC1CCCCC12NC(=O)N(CC(=O)OCC(=O)Nc1c(C#N)cnn1-c1ccccc1)C2=O. The van der Waals surface area contributed by atoms with Crippen molar-refractivity contribution in [2.45, 2.75) is 38.1 Å². The number of benzene rings is 1. The number of hydrogen-bond acceptors (Lipinski definition) is 7. The second-order valence-electron chi connectivity index (χ2n) is 8.41. The van der Waals surface area contributed by atoms with Crippen LogP contribution in [0.1, 0.15) is 38.2 Å². The summed E-state index contributed by atoms with van der Waals surface area (Å²) >= 11 is 0. The van der Waals surface area contributed by atoms with Gasteiger partial charge in [0.15, 0.2) is 12.4 Å². The highest BCUT2D eigenvalue weighted by Crippen LogP contribution is 2.38. The molecule has 34 heavy (non-hydrogen) atoms. The number of para-hydroxylation sites is 1. The molecule has 4 rings (SSSR count). The Morgan fingerprint density at radius 3 is 2.76 bits per heavy atom. The molecule has 0 radical (unpaired) electrons. The third-order valence-corrected chi connectivity index (χ3v) is 6.30. The van der Waals surface area contributed by atoms with Gasteiger partial charge in [0.25, 0.3) is 11.8 Å². The van der Waals surface area contributed by atoms with Crippen LogP contribution in [0.2, 0.25) is 0 Å². The van der Waals surface area contributed by atoms with E-state index in [9.17, 15) is 24.4 Å². The van der Waals surface area contributed by atoms with Gasteiger partial charge in [0.1, 0.15) is 23.7 Å². The molecule has 1 spiro atoms. The summed E-state index contributed by atoms with van der Waals surface area (Å²) in [4.78, 5) is 50.9. The van der Waals surface area contributed by atoms with E-state index in [2.05, 4.69) is 15.7 Å². The Hall–Kier alpha value is -4.20. The maximum atomic E-state index is 12.9. The Labute approximate surface area is 195 Å². The summed E-state index contributed by atoms with van der Waals surface area (Å²) in [6, 6.07) is 10.2. The van der Waals surface area contributed by atoms with Crippen molar-refractivity contribution in [2.24, 2.45) is 5.92 Å². The number of nitrogens with zero attached hydrogens (tertiary/aromatic N) is 4. The van der Waals surface area contributed by atoms with Gasteiger partial charge in [0.2, 0.25) is 0 Å². The van der Waals surface area contributed by atoms with E-state index in [4.69, 9.17) is 4.74 Å². The molecule has 1 aliphatic carbocycles. The molecule has 11 nitrogen and oxygen atoms in total. The Morgan fingerprint density at radius 1 is 1.29 bits per heavy atom. The van der Waals surface area contributed by atoms with Crippen LogP contribution >= 0.6 is 0 Å². The van der Waals surface area contributed by atoms with Crippen LogP contribution in [-0.4, -0.2) is 57.2 Å². The van der Waals surface area contributed by atoms with Crippen molar-refractivity contribution in [1.82, 2.24) is 20.0 Å². The highest BCUT2D eigenvalue weighted by Gasteiger charge is 2.55. The predicted octanol–water partition coefficient (Wildman–Crippen LogP) is 1.73. The van der Waals surface area contributed by atoms with Gasteiger partial charge in [0.05, 0.1) is 11.9 Å². The van der Waals surface area contributed by atoms with Crippen LogP contribution in [0.25, 0.3) is 5.69 Å². The van der Waals surface area contributed by atoms with Crippen LogP contribution in [0.5, 0.6) is 0 Å².